The summed E-state index contributed by atoms with van der Waals surface area (Å²) in [5.41, 5.74) is 2.76. The molecule has 3 heterocycles. The molecule has 108 valence electrons. The van der Waals surface area contributed by atoms with Crippen LogP contribution >= 0.6 is 0 Å². The van der Waals surface area contributed by atoms with Crippen LogP contribution in [0.3, 0.4) is 0 Å². The van der Waals surface area contributed by atoms with Crippen LogP contribution in [0.5, 0.6) is 0 Å². The Morgan fingerprint density at radius 2 is 2.00 bits per heavy atom. The highest BCUT2D eigenvalue weighted by atomic mass is 16.3. The lowest BCUT2D eigenvalue weighted by molar-refractivity contribution is 0.518. The smallest absolute Gasteiger partial charge is 0.180 e. The van der Waals surface area contributed by atoms with Gasteiger partial charge in [0.1, 0.15) is 5.76 Å². The van der Waals surface area contributed by atoms with Gasteiger partial charge in [0.25, 0.3) is 0 Å². The van der Waals surface area contributed by atoms with E-state index < -0.39 is 0 Å². The molecule has 1 N–H and O–H groups in total. The van der Waals surface area contributed by atoms with Crippen LogP contribution in [0.15, 0.2) is 71.7 Å². The van der Waals surface area contributed by atoms with Gasteiger partial charge in [0, 0.05) is 24.2 Å². The topological polar surface area (TPSA) is 55.4 Å². The van der Waals surface area contributed by atoms with E-state index in [2.05, 4.69) is 10.3 Å². The Balaban J connectivity index is 1.74. The molecule has 22 heavy (non-hydrogen) atoms. The fraction of sp³-hybridized carbons (Fsp3) is 0.0588. The maximum Gasteiger partial charge on any atom is 0.180 e. The highest BCUT2D eigenvalue weighted by Gasteiger charge is 2.09. The zero-order valence-electron chi connectivity index (χ0n) is 11.8. The first-order chi connectivity index (χ1) is 10.9. The SMILES string of the molecule is c1ccc(-c2cn3ccnc3c(NCc3ccco3)n2)cc1. The van der Waals surface area contributed by atoms with Crippen LogP contribution in [-0.4, -0.2) is 14.4 Å². The molecule has 0 aliphatic rings. The van der Waals surface area contributed by atoms with Crippen molar-refractivity contribution in [2.24, 2.45) is 0 Å². The third-order valence-electron chi connectivity index (χ3n) is 3.45. The summed E-state index contributed by atoms with van der Waals surface area (Å²) in [6, 6.07) is 13.9. The number of aromatic nitrogens is 3. The van der Waals surface area contributed by atoms with Gasteiger partial charge in [0.05, 0.1) is 18.5 Å². The van der Waals surface area contributed by atoms with E-state index in [1.54, 1.807) is 12.5 Å². The van der Waals surface area contributed by atoms with Crippen molar-refractivity contribution in [1.29, 1.82) is 0 Å². The fourth-order valence-corrected chi connectivity index (χ4v) is 2.38. The van der Waals surface area contributed by atoms with Crippen LogP contribution in [-0.2, 0) is 6.54 Å². The summed E-state index contributed by atoms with van der Waals surface area (Å²) in [6.07, 6.45) is 7.33. The van der Waals surface area contributed by atoms with Gasteiger partial charge in [-0.3, -0.25) is 0 Å². The number of hydrogen-bond donors (Lipinski definition) is 1. The van der Waals surface area contributed by atoms with Crippen molar-refractivity contribution in [1.82, 2.24) is 14.4 Å². The Kier molecular flexibility index (Phi) is 3.08. The van der Waals surface area contributed by atoms with Gasteiger partial charge in [-0.1, -0.05) is 30.3 Å². The van der Waals surface area contributed by atoms with E-state index in [0.717, 1.165) is 28.5 Å². The quantitative estimate of drug-likeness (QED) is 0.624. The maximum absolute atomic E-state index is 5.35. The van der Waals surface area contributed by atoms with Crippen molar-refractivity contribution in [3.8, 4) is 11.3 Å². The number of furan rings is 1. The van der Waals surface area contributed by atoms with Crippen molar-refractivity contribution >= 4 is 11.5 Å². The minimum atomic E-state index is 0.570. The van der Waals surface area contributed by atoms with Crippen molar-refractivity contribution < 1.29 is 4.42 Å². The number of fused-ring (bicyclic) bond motifs is 1. The lowest BCUT2D eigenvalue weighted by Crippen LogP contribution is -2.04. The van der Waals surface area contributed by atoms with E-state index in [9.17, 15) is 0 Å². The molecule has 5 nitrogen and oxygen atoms in total. The van der Waals surface area contributed by atoms with Crippen LogP contribution in [0.2, 0.25) is 0 Å². The van der Waals surface area contributed by atoms with Crippen molar-refractivity contribution in [3.63, 3.8) is 0 Å². The van der Waals surface area contributed by atoms with Crippen molar-refractivity contribution in [2.75, 3.05) is 5.32 Å². The summed E-state index contributed by atoms with van der Waals surface area (Å²) in [6.45, 7) is 0.570. The first kappa shape index (κ1) is 12.6. The zero-order valence-corrected chi connectivity index (χ0v) is 11.8. The molecular formula is C17H14N4O. The van der Waals surface area contributed by atoms with Crippen LogP contribution in [0.25, 0.3) is 16.9 Å². The van der Waals surface area contributed by atoms with Crippen molar-refractivity contribution in [2.45, 2.75) is 6.54 Å². The molecule has 4 aromatic rings. The predicted molar refractivity (Wildman–Crippen MR) is 84.5 cm³/mol. The van der Waals surface area contributed by atoms with E-state index in [0.29, 0.717) is 6.54 Å². The Labute approximate surface area is 127 Å². The van der Waals surface area contributed by atoms with Crippen molar-refractivity contribution in [3.05, 3.63) is 73.1 Å². The van der Waals surface area contributed by atoms with Gasteiger partial charge < -0.3 is 14.1 Å². The minimum absolute atomic E-state index is 0.570. The highest BCUT2D eigenvalue weighted by Crippen LogP contribution is 2.22. The summed E-state index contributed by atoms with van der Waals surface area (Å²) >= 11 is 0. The van der Waals surface area contributed by atoms with Crippen LogP contribution in [0.4, 0.5) is 5.82 Å². The lowest BCUT2D eigenvalue weighted by Gasteiger charge is -2.09. The summed E-state index contributed by atoms with van der Waals surface area (Å²) in [5, 5.41) is 3.30. The number of nitrogens with one attached hydrogen (secondary N) is 1. The van der Waals surface area contributed by atoms with Crippen LogP contribution in [0.1, 0.15) is 5.76 Å². The fourth-order valence-electron chi connectivity index (χ4n) is 2.38. The average molecular weight is 290 g/mol. The Bertz CT molecular complexity index is 882. The minimum Gasteiger partial charge on any atom is -0.467 e. The Morgan fingerprint density at radius 3 is 2.82 bits per heavy atom. The molecule has 0 aliphatic heterocycles. The molecule has 0 aliphatic carbocycles. The van der Waals surface area contributed by atoms with Gasteiger partial charge in [-0.15, -0.1) is 0 Å². The van der Waals surface area contributed by atoms with Gasteiger partial charge >= 0.3 is 0 Å². The first-order valence-electron chi connectivity index (χ1n) is 7.05. The molecule has 0 saturated carbocycles. The summed E-state index contributed by atoms with van der Waals surface area (Å²) in [4.78, 5) is 9.07. The van der Waals surface area contributed by atoms with Gasteiger partial charge in [0.15, 0.2) is 11.5 Å². The molecule has 0 unspecified atom stereocenters. The Hall–Kier alpha value is -3.08. The average Bonchev–Trinajstić information content (AvgIpc) is 3.24. The standard InChI is InChI=1S/C17H14N4O/c1-2-5-13(6-3-1)15-12-21-9-8-18-17(21)16(20-15)19-11-14-7-4-10-22-14/h1-10,12H,11H2,(H,19,20). The molecular weight excluding hydrogens is 276 g/mol. The van der Waals surface area contributed by atoms with Crippen LogP contribution < -0.4 is 5.32 Å². The largest absolute Gasteiger partial charge is 0.467 e. The number of rotatable bonds is 4. The van der Waals surface area contributed by atoms with E-state index in [1.807, 2.05) is 59.3 Å². The summed E-state index contributed by atoms with van der Waals surface area (Å²) in [5.74, 6) is 1.60. The monoisotopic (exact) mass is 290 g/mol. The molecule has 0 radical (unpaired) electrons. The van der Waals surface area contributed by atoms with E-state index >= 15 is 0 Å². The maximum atomic E-state index is 5.35. The Morgan fingerprint density at radius 1 is 1.09 bits per heavy atom. The van der Waals surface area contributed by atoms with E-state index in [-0.39, 0.29) is 0 Å². The third kappa shape index (κ3) is 2.33. The number of imidazole rings is 1. The molecule has 0 amide bonds. The molecule has 0 spiro atoms. The summed E-state index contributed by atoms with van der Waals surface area (Å²) in [7, 11) is 0. The molecule has 1 aromatic carbocycles. The number of hydrogen-bond acceptors (Lipinski definition) is 4. The van der Waals surface area contributed by atoms with E-state index in [4.69, 9.17) is 9.40 Å². The normalized spacial score (nSPS) is 10.9. The molecule has 0 bridgehead atoms. The molecule has 0 atom stereocenters. The molecule has 3 aromatic heterocycles. The first-order valence-corrected chi connectivity index (χ1v) is 7.05. The van der Waals surface area contributed by atoms with Gasteiger partial charge in [0.2, 0.25) is 0 Å². The molecule has 0 saturated heterocycles. The van der Waals surface area contributed by atoms with Crippen LogP contribution in [0, 0.1) is 0 Å². The molecule has 0 fully saturated rings. The van der Waals surface area contributed by atoms with Gasteiger partial charge in [-0.25, -0.2) is 9.97 Å². The number of benzene rings is 1. The number of nitrogens with zero attached hydrogens (tertiary/aromatic N) is 3. The number of anilines is 1. The second-order valence-electron chi connectivity index (χ2n) is 4.93. The van der Waals surface area contributed by atoms with Gasteiger partial charge in [-0.05, 0) is 12.1 Å². The molecule has 5 heteroatoms. The lowest BCUT2D eigenvalue weighted by atomic mass is 10.2. The van der Waals surface area contributed by atoms with Gasteiger partial charge in [-0.2, -0.15) is 0 Å². The zero-order chi connectivity index (χ0) is 14.8. The predicted octanol–water partition coefficient (Wildman–Crippen LogP) is 3.60. The van der Waals surface area contributed by atoms with E-state index in [1.165, 1.54) is 0 Å². The third-order valence-corrected chi connectivity index (χ3v) is 3.45. The second kappa shape index (κ2) is 5.37. The summed E-state index contributed by atoms with van der Waals surface area (Å²) < 4.78 is 7.32. The second-order valence-corrected chi connectivity index (χ2v) is 4.93. The molecule has 4 rings (SSSR count). The highest BCUT2D eigenvalue weighted by molar-refractivity contribution is 5.69.